The summed E-state index contributed by atoms with van der Waals surface area (Å²) in [5, 5.41) is 13.2. The van der Waals surface area contributed by atoms with Crippen molar-refractivity contribution >= 4 is 40.2 Å². The van der Waals surface area contributed by atoms with Gasteiger partial charge in [-0.3, -0.25) is 4.79 Å². The molecule has 142 valence electrons. The fourth-order valence-electron chi connectivity index (χ4n) is 3.05. The average molecular weight is 383 g/mol. The first-order chi connectivity index (χ1) is 14.1. The number of aromatic amines is 1. The minimum absolute atomic E-state index is 0.172. The number of amides is 1. The Balaban J connectivity index is 1.70. The lowest BCUT2D eigenvalue weighted by atomic mass is 10.0. The number of fused-ring (bicyclic) bond motifs is 1. The molecule has 0 fully saturated rings. The average Bonchev–Trinajstić information content (AvgIpc) is 3.15. The Morgan fingerprint density at radius 1 is 0.966 bits per heavy atom. The van der Waals surface area contributed by atoms with Crippen molar-refractivity contribution in [2.75, 3.05) is 5.32 Å². The van der Waals surface area contributed by atoms with Gasteiger partial charge in [0.05, 0.1) is 17.5 Å². The van der Waals surface area contributed by atoms with Crippen molar-refractivity contribution in [2.24, 2.45) is 0 Å². The molecule has 4 aromatic rings. The van der Waals surface area contributed by atoms with E-state index in [2.05, 4.69) is 15.3 Å². The summed E-state index contributed by atoms with van der Waals surface area (Å²) in [5.41, 5.74) is 3.12. The lowest BCUT2D eigenvalue weighted by Crippen LogP contribution is -2.11. The van der Waals surface area contributed by atoms with E-state index in [1.54, 1.807) is 73.1 Å². The van der Waals surface area contributed by atoms with Crippen molar-refractivity contribution in [3.05, 3.63) is 95.8 Å². The Morgan fingerprint density at radius 3 is 2.28 bits per heavy atom. The van der Waals surface area contributed by atoms with Crippen LogP contribution in [0.15, 0.2) is 79.1 Å². The van der Waals surface area contributed by atoms with Gasteiger partial charge in [0.2, 0.25) is 0 Å². The highest BCUT2D eigenvalue weighted by Gasteiger charge is 2.13. The van der Waals surface area contributed by atoms with Crippen LogP contribution in [0.4, 0.5) is 5.69 Å². The molecule has 0 aliphatic carbocycles. The number of anilines is 1. The number of nitrogens with zero attached hydrogens (tertiary/aromatic N) is 1. The zero-order valence-corrected chi connectivity index (χ0v) is 15.3. The number of rotatable bonds is 5. The van der Waals surface area contributed by atoms with Gasteiger partial charge in [-0.05, 0) is 29.8 Å². The van der Waals surface area contributed by atoms with E-state index in [1.807, 2.05) is 12.1 Å². The van der Waals surface area contributed by atoms with E-state index in [-0.39, 0.29) is 11.5 Å². The molecule has 0 saturated carbocycles. The summed E-state index contributed by atoms with van der Waals surface area (Å²) in [5.74, 6) is -1.26. The van der Waals surface area contributed by atoms with Crippen LogP contribution in [0.1, 0.15) is 21.5 Å². The van der Waals surface area contributed by atoms with E-state index in [1.165, 1.54) is 0 Å². The van der Waals surface area contributed by atoms with Crippen LogP contribution in [0.5, 0.6) is 0 Å². The van der Waals surface area contributed by atoms with Gasteiger partial charge in [0, 0.05) is 22.7 Å². The van der Waals surface area contributed by atoms with Crippen molar-refractivity contribution in [2.45, 2.75) is 0 Å². The maximum absolute atomic E-state index is 12.4. The Kier molecular flexibility index (Phi) is 4.90. The predicted molar refractivity (Wildman–Crippen MR) is 112 cm³/mol. The smallest absolute Gasteiger partial charge is 0.336 e. The lowest BCUT2D eigenvalue weighted by molar-refractivity contribution is -0.130. The summed E-state index contributed by atoms with van der Waals surface area (Å²) >= 11 is 0. The third-order valence-electron chi connectivity index (χ3n) is 4.47. The number of carboxylic acid groups (broad SMARTS) is 1. The molecule has 0 bridgehead atoms. The number of carbonyl (C=O) groups excluding carboxylic acids is 1. The number of carbonyl (C=O) groups is 2. The Bertz CT molecular complexity index is 1210. The fourth-order valence-corrected chi connectivity index (χ4v) is 3.05. The Hall–Kier alpha value is -4.19. The second-order valence-corrected chi connectivity index (χ2v) is 6.41. The first-order valence-electron chi connectivity index (χ1n) is 8.96. The summed E-state index contributed by atoms with van der Waals surface area (Å²) < 4.78 is 0. The maximum atomic E-state index is 12.4. The zero-order chi connectivity index (χ0) is 20.2. The van der Waals surface area contributed by atoms with E-state index in [0.29, 0.717) is 33.4 Å². The SMILES string of the molecule is O=C(O)C(=Cc1c[nH]c2ncc(NC(=O)c3ccccc3)cc12)c1ccccc1. The number of aliphatic carboxylic acids is 1. The summed E-state index contributed by atoms with van der Waals surface area (Å²) in [6.45, 7) is 0. The van der Waals surface area contributed by atoms with Gasteiger partial charge in [0.25, 0.3) is 5.91 Å². The van der Waals surface area contributed by atoms with Gasteiger partial charge in [-0.1, -0.05) is 48.5 Å². The van der Waals surface area contributed by atoms with Crippen LogP contribution in [0.3, 0.4) is 0 Å². The van der Waals surface area contributed by atoms with E-state index in [9.17, 15) is 14.7 Å². The topological polar surface area (TPSA) is 95.1 Å². The molecule has 0 radical (unpaired) electrons. The molecule has 29 heavy (non-hydrogen) atoms. The lowest BCUT2D eigenvalue weighted by Gasteiger charge is -2.06. The van der Waals surface area contributed by atoms with E-state index < -0.39 is 5.97 Å². The summed E-state index contributed by atoms with van der Waals surface area (Å²) in [6.07, 6.45) is 4.86. The highest BCUT2D eigenvalue weighted by molar-refractivity contribution is 6.21. The number of H-pyrrole nitrogens is 1. The quantitative estimate of drug-likeness (QED) is 0.444. The second-order valence-electron chi connectivity index (χ2n) is 6.41. The molecule has 3 N–H and O–H groups in total. The van der Waals surface area contributed by atoms with Gasteiger partial charge in [-0.25, -0.2) is 9.78 Å². The molecule has 0 spiro atoms. The van der Waals surface area contributed by atoms with Crippen LogP contribution >= 0.6 is 0 Å². The first kappa shape index (κ1) is 18.2. The summed E-state index contributed by atoms with van der Waals surface area (Å²) in [7, 11) is 0. The molecular weight excluding hydrogens is 366 g/mol. The molecule has 0 aliphatic rings. The van der Waals surface area contributed by atoms with E-state index in [0.717, 1.165) is 0 Å². The zero-order valence-electron chi connectivity index (χ0n) is 15.3. The molecule has 0 aliphatic heterocycles. The second kappa shape index (κ2) is 7.82. The number of aromatic nitrogens is 2. The van der Waals surface area contributed by atoms with Crippen molar-refractivity contribution in [3.8, 4) is 0 Å². The van der Waals surface area contributed by atoms with Gasteiger partial charge in [-0.15, -0.1) is 0 Å². The molecule has 2 aromatic heterocycles. The van der Waals surface area contributed by atoms with Crippen LogP contribution in [-0.2, 0) is 4.79 Å². The number of nitrogens with one attached hydrogen (secondary N) is 2. The number of pyridine rings is 1. The Labute approximate surface area is 166 Å². The largest absolute Gasteiger partial charge is 0.478 e. The number of benzene rings is 2. The molecule has 0 saturated heterocycles. The molecular formula is C23H17N3O3. The van der Waals surface area contributed by atoms with E-state index >= 15 is 0 Å². The number of carboxylic acids is 1. The van der Waals surface area contributed by atoms with Crippen molar-refractivity contribution in [3.63, 3.8) is 0 Å². The molecule has 6 nitrogen and oxygen atoms in total. The number of hydrogen-bond donors (Lipinski definition) is 3. The van der Waals surface area contributed by atoms with Crippen LogP contribution in [0.25, 0.3) is 22.7 Å². The molecule has 0 atom stereocenters. The summed E-state index contributed by atoms with van der Waals surface area (Å²) in [4.78, 5) is 31.5. The molecule has 6 heteroatoms. The van der Waals surface area contributed by atoms with Gasteiger partial charge in [0.1, 0.15) is 5.65 Å². The van der Waals surface area contributed by atoms with Gasteiger partial charge >= 0.3 is 5.97 Å². The van der Waals surface area contributed by atoms with Crippen LogP contribution < -0.4 is 5.32 Å². The first-order valence-corrected chi connectivity index (χ1v) is 8.96. The normalized spacial score (nSPS) is 11.4. The van der Waals surface area contributed by atoms with Gasteiger partial charge < -0.3 is 15.4 Å². The monoisotopic (exact) mass is 383 g/mol. The van der Waals surface area contributed by atoms with Crippen molar-refractivity contribution < 1.29 is 14.7 Å². The van der Waals surface area contributed by atoms with Crippen molar-refractivity contribution in [1.82, 2.24) is 9.97 Å². The number of hydrogen-bond acceptors (Lipinski definition) is 3. The third-order valence-corrected chi connectivity index (χ3v) is 4.47. The minimum Gasteiger partial charge on any atom is -0.478 e. The van der Waals surface area contributed by atoms with Crippen LogP contribution in [0.2, 0.25) is 0 Å². The van der Waals surface area contributed by atoms with Crippen LogP contribution in [0, 0.1) is 0 Å². The predicted octanol–water partition coefficient (Wildman–Crippen LogP) is 4.44. The highest BCUT2D eigenvalue weighted by atomic mass is 16.4. The molecule has 4 rings (SSSR count). The third kappa shape index (κ3) is 3.91. The van der Waals surface area contributed by atoms with Crippen LogP contribution in [-0.4, -0.2) is 27.0 Å². The molecule has 1 amide bonds. The fraction of sp³-hybridized carbons (Fsp3) is 0. The Morgan fingerprint density at radius 2 is 1.62 bits per heavy atom. The van der Waals surface area contributed by atoms with E-state index in [4.69, 9.17) is 0 Å². The summed E-state index contributed by atoms with van der Waals surface area (Å²) in [6, 6.07) is 19.6. The highest BCUT2D eigenvalue weighted by Crippen LogP contribution is 2.25. The van der Waals surface area contributed by atoms with Gasteiger partial charge in [-0.2, -0.15) is 0 Å². The van der Waals surface area contributed by atoms with Gasteiger partial charge in [0.15, 0.2) is 0 Å². The molecule has 2 heterocycles. The molecule has 0 unspecified atom stereocenters. The minimum atomic E-state index is -1.02. The molecule has 2 aromatic carbocycles. The standard InChI is InChI=1S/C23H17N3O3/c27-22(16-9-5-2-6-10-16)26-18-12-19-17(13-24-21(19)25-14-18)11-20(23(28)29)15-7-3-1-4-8-15/h1-14H,(H,24,25)(H,26,27)(H,28,29). The maximum Gasteiger partial charge on any atom is 0.336 e. The van der Waals surface area contributed by atoms with Crippen molar-refractivity contribution in [1.29, 1.82) is 0 Å².